The Kier molecular flexibility index (Phi) is 5.34. The zero-order chi connectivity index (χ0) is 23.4. The number of aromatic amines is 1. The number of nitrogens with zero attached hydrogens (tertiary/aromatic N) is 3. The molecule has 0 bridgehead atoms. The van der Waals surface area contributed by atoms with Crippen LogP contribution in [0.3, 0.4) is 0 Å². The number of aryl methyl sites for hydroxylation is 2. The van der Waals surface area contributed by atoms with Crippen molar-refractivity contribution in [2.75, 3.05) is 4.90 Å². The molecule has 1 aliphatic rings. The number of carbonyl (C=O) groups excluding carboxylic acids is 1. The SMILES string of the molecule is Cc1cc(Cl)ccc1C1c2c(nn(-c3cc[nH]c3)c2C(C)C)C(=O)N1c1cc(Cl)ccc1C. The molecule has 0 radical (unpaired) electrons. The number of hydrogen-bond acceptors (Lipinski definition) is 2. The van der Waals surface area contributed by atoms with E-state index in [1.54, 1.807) is 0 Å². The number of aromatic nitrogens is 3. The Labute approximate surface area is 202 Å². The van der Waals surface area contributed by atoms with Crippen LogP contribution in [0.4, 0.5) is 5.69 Å². The van der Waals surface area contributed by atoms with Gasteiger partial charge in [-0.15, -0.1) is 0 Å². The third kappa shape index (κ3) is 3.47. The van der Waals surface area contributed by atoms with Crippen molar-refractivity contribution in [2.45, 2.75) is 39.7 Å². The first kappa shape index (κ1) is 21.8. The topological polar surface area (TPSA) is 53.9 Å². The second kappa shape index (κ2) is 8.08. The van der Waals surface area contributed by atoms with Gasteiger partial charge >= 0.3 is 0 Å². The summed E-state index contributed by atoms with van der Waals surface area (Å²) in [6, 6.07) is 13.1. The molecule has 5 nitrogen and oxygen atoms in total. The fourth-order valence-corrected chi connectivity index (χ4v) is 5.15. The van der Waals surface area contributed by atoms with Crippen LogP contribution in [0.2, 0.25) is 10.0 Å². The highest BCUT2D eigenvalue weighted by molar-refractivity contribution is 6.31. The summed E-state index contributed by atoms with van der Waals surface area (Å²) >= 11 is 12.7. The fraction of sp³-hybridized carbons (Fsp3) is 0.231. The maximum absolute atomic E-state index is 14.0. The molecule has 0 spiro atoms. The molecule has 0 saturated heterocycles. The Morgan fingerprint density at radius 1 is 1.00 bits per heavy atom. The zero-order valence-corrected chi connectivity index (χ0v) is 20.4. The molecule has 4 aromatic rings. The quantitative estimate of drug-likeness (QED) is 0.343. The average molecular weight is 479 g/mol. The Balaban J connectivity index is 1.82. The molecule has 2 aromatic carbocycles. The van der Waals surface area contributed by atoms with Crippen LogP contribution in [0.25, 0.3) is 5.69 Å². The van der Waals surface area contributed by atoms with Gasteiger partial charge < -0.3 is 4.98 Å². The van der Waals surface area contributed by atoms with E-state index < -0.39 is 0 Å². The smallest absolute Gasteiger partial charge is 0.280 e. The molecule has 3 heterocycles. The highest BCUT2D eigenvalue weighted by Gasteiger charge is 2.45. The molecule has 1 unspecified atom stereocenters. The van der Waals surface area contributed by atoms with Gasteiger partial charge in [0, 0.05) is 33.7 Å². The largest absolute Gasteiger partial charge is 0.366 e. The molecular formula is C26H24Cl2N4O. The number of benzene rings is 2. The molecule has 1 atom stereocenters. The van der Waals surface area contributed by atoms with Crippen LogP contribution in [-0.4, -0.2) is 20.7 Å². The third-order valence-electron chi connectivity index (χ3n) is 6.24. The molecule has 1 aliphatic heterocycles. The molecule has 1 amide bonds. The van der Waals surface area contributed by atoms with E-state index in [1.165, 1.54) is 0 Å². The summed E-state index contributed by atoms with van der Waals surface area (Å²) in [5.41, 5.74) is 7.10. The molecular weight excluding hydrogens is 455 g/mol. The number of anilines is 1. The Hall–Kier alpha value is -3.02. The maximum atomic E-state index is 14.0. The van der Waals surface area contributed by atoms with E-state index >= 15 is 0 Å². The average Bonchev–Trinajstić information content (AvgIpc) is 3.46. The number of rotatable bonds is 4. The number of hydrogen-bond donors (Lipinski definition) is 1. The monoisotopic (exact) mass is 478 g/mol. The molecule has 2 aromatic heterocycles. The Bertz CT molecular complexity index is 1370. The summed E-state index contributed by atoms with van der Waals surface area (Å²) in [4.78, 5) is 18.9. The van der Waals surface area contributed by atoms with Crippen LogP contribution < -0.4 is 4.90 Å². The normalized spacial score (nSPS) is 15.5. The highest BCUT2D eigenvalue weighted by atomic mass is 35.5. The minimum Gasteiger partial charge on any atom is -0.366 e. The van der Waals surface area contributed by atoms with Gasteiger partial charge in [-0.25, -0.2) is 4.68 Å². The van der Waals surface area contributed by atoms with E-state index in [9.17, 15) is 4.79 Å². The second-order valence-electron chi connectivity index (χ2n) is 8.79. The lowest BCUT2D eigenvalue weighted by molar-refractivity contribution is 0.0988. The van der Waals surface area contributed by atoms with Crippen molar-refractivity contribution >= 4 is 34.8 Å². The van der Waals surface area contributed by atoms with E-state index in [2.05, 4.69) is 18.8 Å². The van der Waals surface area contributed by atoms with Gasteiger partial charge in [-0.05, 0) is 66.8 Å². The highest BCUT2D eigenvalue weighted by Crippen LogP contribution is 2.47. The summed E-state index contributed by atoms with van der Waals surface area (Å²) in [5, 5.41) is 6.08. The molecule has 7 heteroatoms. The summed E-state index contributed by atoms with van der Waals surface area (Å²) in [6.45, 7) is 8.27. The van der Waals surface area contributed by atoms with Gasteiger partial charge in [-0.2, -0.15) is 5.10 Å². The predicted molar refractivity (Wildman–Crippen MR) is 133 cm³/mol. The summed E-state index contributed by atoms with van der Waals surface area (Å²) in [6.07, 6.45) is 3.75. The fourth-order valence-electron chi connectivity index (χ4n) is 4.76. The van der Waals surface area contributed by atoms with E-state index in [1.807, 2.05) is 78.3 Å². The summed E-state index contributed by atoms with van der Waals surface area (Å²) in [7, 11) is 0. The number of carbonyl (C=O) groups is 1. The molecule has 33 heavy (non-hydrogen) atoms. The van der Waals surface area contributed by atoms with Crippen molar-refractivity contribution in [3.8, 4) is 5.69 Å². The van der Waals surface area contributed by atoms with Gasteiger partial charge in [0.15, 0.2) is 5.69 Å². The first-order chi connectivity index (χ1) is 15.8. The molecule has 0 aliphatic carbocycles. The molecule has 5 rings (SSSR count). The van der Waals surface area contributed by atoms with Gasteiger partial charge in [0.05, 0.1) is 17.4 Å². The lowest BCUT2D eigenvalue weighted by atomic mass is 9.91. The van der Waals surface area contributed by atoms with E-state index in [4.69, 9.17) is 28.3 Å². The summed E-state index contributed by atoms with van der Waals surface area (Å²) < 4.78 is 1.89. The molecule has 1 N–H and O–H groups in total. The molecule has 0 saturated carbocycles. The van der Waals surface area contributed by atoms with Gasteiger partial charge in [0.1, 0.15) is 0 Å². The first-order valence-corrected chi connectivity index (χ1v) is 11.6. The van der Waals surface area contributed by atoms with Crippen LogP contribution in [0, 0.1) is 13.8 Å². The van der Waals surface area contributed by atoms with E-state index in [0.29, 0.717) is 15.7 Å². The molecule has 0 fully saturated rings. The van der Waals surface area contributed by atoms with Crippen molar-refractivity contribution in [2.24, 2.45) is 0 Å². The van der Waals surface area contributed by atoms with Crippen molar-refractivity contribution in [1.82, 2.24) is 14.8 Å². The number of nitrogens with one attached hydrogen (secondary N) is 1. The predicted octanol–water partition coefficient (Wildman–Crippen LogP) is 7.00. The minimum atomic E-state index is -0.341. The number of halogens is 2. The standard InChI is InChI=1S/C26H24Cl2N4O/c1-14(2)24-22-23(30-32(24)19-9-10-29-13-19)26(33)31(21-12-18(28)6-5-15(21)3)25(22)20-8-7-17(27)11-16(20)4/h5-14,25,29H,1-4H3. The van der Waals surface area contributed by atoms with E-state index in [-0.39, 0.29) is 17.9 Å². The lowest BCUT2D eigenvalue weighted by Gasteiger charge is -2.30. The Morgan fingerprint density at radius 2 is 1.73 bits per heavy atom. The van der Waals surface area contributed by atoms with Crippen molar-refractivity contribution in [3.05, 3.63) is 98.5 Å². The van der Waals surface area contributed by atoms with Crippen LogP contribution in [0.1, 0.15) is 64.2 Å². The van der Waals surface area contributed by atoms with Crippen molar-refractivity contribution in [3.63, 3.8) is 0 Å². The van der Waals surface area contributed by atoms with Crippen LogP contribution in [0.15, 0.2) is 54.9 Å². The first-order valence-electron chi connectivity index (χ1n) is 10.9. The zero-order valence-electron chi connectivity index (χ0n) is 18.9. The number of H-pyrrole nitrogens is 1. The molecule has 168 valence electrons. The lowest BCUT2D eigenvalue weighted by Crippen LogP contribution is -2.31. The van der Waals surface area contributed by atoms with Gasteiger partial charge in [-0.1, -0.05) is 49.2 Å². The number of amides is 1. The van der Waals surface area contributed by atoms with Crippen molar-refractivity contribution in [1.29, 1.82) is 0 Å². The maximum Gasteiger partial charge on any atom is 0.280 e. The summed E-state index contributed by atoms with van der Waals surface area (Å²) in [5.74, 6) is 0.00497. The van der Waals surface area contributed by atoms with Crippen LogP contribution >= 0.6 is 23.2 Å². The van der Waals surface area contributed by atoms with Crippen LogP contribution in [-0.2, 0) is 0 Å². The van der Waals surface area contributed by atoms with Gasteiger partial charge in [0.2, 0.25) is 0 Å². The minimum absolute atomic E-state index is 0.133. The van der Waals surface area contributed by atoms with Gasteiger partial charge in [-0.3, -0.25) is 9.69 Å². The van der Waals surface area contributed by atoms with E-state index in [0.717, 1.165) is 39.3 Å². The van der Waals surface area contributed by atoms with Crippen molar-refractivity contribution < 1.29 is 4.79 Å². The third-order valence-corrected chi connectivity index (χ3v) is 6.71. The van der Waals surface area contributed by atoms with Crippen LogP contribution in [0.5, 0.6) is 0 Å². The second-order valence-corrected chi connectivity index (χ2v) is 9.67. The van der Waals surface area contributed by atoms with Gasteiger partial charge in [0.25, 0.3) is 5.91 Å². The Morgan fingerprint density at radius 3 is 2.39 bits per heavy atom. The number of fused-ring (bicyclic) bond motifs is 1.